The third-order valence-corrected chi connectivity index (χ3v) is 6.58. The van der Waals surface area contributed by atoms with Crippen LogP contribution in [0.3, 0.4) is 0 Å². The lowest BCUT2D eigenvalue weighted by Crippen LogP contribution is -2.62. The number of benzene rings is 1. The van der Waals surface area contributed by atoms with Gasteiger partial charge in [0, 0.05) is 45.6 Å². The monoisotopic (exact) mass is 344 g/mol. The minimum atomic E-state index is 0.812. The molecule has 1 aromatic carbocycles. The predicted octanol–water partition coefficient (Wildman–Crippen LogP) is 2.76. The number of hydrogen-bond donors (Lipinski definition) is 1. The summed E-state index contributed by atoms with van der Waals surface area (Å²) in [6, 6.07) is 10.5. The van der Waals surface area contributed by atoms with Gasteiger partial charge in [-0.15, -0.1) is 0 Å². The molecule has 3 fully saturated rings. The Morgan fingerprint density at radius 3 is 2.32 bits per heavy atom. The standard InChI is InChI=1S/C21H34N3O/c1-2-14-24(15-3-1,21-8-10-22-11-9-21)20-6-4-19(5-7-20)18-23-12-16-25-17-13-23/h4-7,21-22H,1-3,8-18H2/q+1. The molecule has 4 heteroatoms. The molecular weight excluding hydrogens is 310 g/mol. The van der Waals surface area contributed by atoms with Crippen molar-refractivity contribution in [3.05, 3.63) is 29.8 Å². The van der Waals surface area contributed by atoms with E-state index in [9.17, 15) is 0 Å². The first kappa shape index (κ1) is 17.5. The molecule has 0 aromatic heterocycles. The Hall–Kier alpha value is -0.940. The molecule has 25 heavy (non-hydrogen) atoms. The highest BCUT2D eigenvalue weighted by Gasteiger charge is 2.40. The average molecular weight is 345 g/mol. The van der Waals surface area contributed by atoms with Crippen LogP contribution < -0.4 is 9.80 Å². The van der Waals surface area contributed by atoms with Gasteiger partial charge in [0.25, 0.3) is 0 Å². The van der Waals surface area contributed by atoms with Gasteiger partial charge in [-0.1, -0.05) is 12.1 Å². The Morgan fingerprint density at radius 2 is 1.64 bits per heavy atom. The molecule has 0 bridgehead atoms. The molecule has 0 aliphatic carbocycles. The number of morpholine rings is 1. The molecule has 138 valence electrons. The SMILES string of the molecule is c1cc([N+]2(C3CCNCC3)CCCCC2)ccc1CN1CCOCC1. The molecule has 0 saturated carbocycles. The summed E-state index contributed by atoms with van der Waals surface area (Å²) in [5, 5.41) is 3.55. The summed E-state index contributed by atoms with van der Waals surface area (Å²) in [4.78, 5) is 2.51. The van der Waals surface area contributed by atoms with Crippen LogP contribution in [-0.2, 0) is 11.3 Å². The zero-order chi connectivity index (χ0) is 17.0. The number of quaternary nitrogens is 1. The maximum atomic E-state index is 5.47. The zero-order valence-electron chi connectivity index (χ0n) is 15.6. The van der Waals surface area contributed by atoms with E-state index in [1.165, 1.54) is 68.3 Å². The molecule has 3 aliphatic rings. The molecule has 4 nitrogen and oxygen atoms in total. The molecule has 0 atom stereocenters. The van der Waals surface area contributed by atoms with Crippen LogP contribution in [0.15, 0.2) is 24.3 Å². The van der Waals surface area contributed by atoms with Gasteiger partial charge in [-0.3, -0.25) is 9.38 Å². The number of piperidine rings is 2. The number of nitrogens with zero attached hydrogens (tertiary/aromatic N) is 2. The van der Waals surface area contributed by atoms with E-state index < -0.39 is 0 Å². The van der Waals surface area contributed by atoms with Crippen molar-refractivity contribution in [1.29, 1.82) is 0 Å². The molecule has 3 aliphatic heterocycles. The lowest BCUT2D eigenvalue weighted by molar-refractivity contribution is 0.0342. The Balaban J connectivity index is 1.50. The fraction of sp³-hybridized carbons (Fsp3) is 0.714. The first-order valence-electron chi connectivity index (χ1n) is 10.3. The van der Waals surface area contributed by atoms with Crippen molar-refractivity contribution < 1.29 is 4.74 Å². The van der Waals surface area contributed by atoms with Crippen molar-refractivity contribution in [3.63, 3.8) is 0 Å². The maximum absolute atomic E-state index is 5.47. The van der Waals surface area contributed by atoms with Gasteiger partial charge in [0.1, 0.15) is 5.69 Å². The molecular formula is C21H34N3O+. The van der Waals surface area contributed by atoms with E-state index in [2.05, 4.69) is 34.5 Å². The van der Waals surface area contributed by atoms with Crippen molar-refractivity contribution in [2.75, 3.05) is 52.5 Å². The van der Waals surface area contributed by atoms with Gasteiger partial charge < -0.3 is 10.1 Å². The number of nitrogens with one attached hydrogen (secondary N) is 1. The summed E-state index contributed by atoms with van der Waals surface area (Å²) in [6.45, 7) is 10.0. The van der Waals surface area contributed by atoms with Gasteiger partial charge >= 0.3 is 0 Å². The quantitative estimate of drug-likeness (QED) is 0.850. The molecule has 1 N–H and O–H groups in total. The van der Waals surface area contributed by atoms with Crippen molar-refractivity contribution in [3.8, 4) is 0 Å². The minimum Gasteiger partial charge on any atom is -0.379 e. The molecule has 0 spiro atoms. The van der Waals surface area contributed by atoms with Crippen LogP contribution in [-0.4, -0.2) is 63.4 Å². The summed E-state index contributed by atoms with van der Waals surface area (Å²) in [5.41, 5.74) is 3.02. The topological polar surface area (TPSA) is 24.5 Å². The smallest absolute Gasteiger partial charge is 0.133 e. The van der Waals surface area contributed by atoms with Crippen molar-refractivity contribution in [2.45, 2.75) is 44.7 Å². The third-order valence-electron chi connectivity index (χ3n) is 6.58. The second-order valence-electron chi connectivity index (χ2n) is 8.08. The van der Waals surface area contributed by atoms with Crippen LogP contribution >= 0.6 is 0 Å². The fourth-order valence-electron chi connectivity index (χ4n) is 5.13. The van der Waals surface area contributed by atoms with Crippen LogP contribution in [0.25, 0.3) is 0 Å². The highest BCUT2D eigenvalue weighted by molar-refractivity contribution is 5.46. The Kier molecular flexibility index (Phi) is 5.71. The van der Waals surface area contributed by atoms with Crippen molar-refractivity contribution >= 4 is 5.69 Å². The minimum absolute atomic E-state index is 0.812. The van der Waals surface area contributed by atoms with Crippen LogP contribution in [0.5, 0.6) is 0 Å². The van der Waals surface area contributed by atoms with Crippen molar-refractivity contribution in [2.24, 2.45) is 0 Å². The summed E-state index contributed by atoms with van der Waals surface area (Å²) in [5.74, 6) is 0. The summed E-state index contributed by atoms with van der Waals surface area (Å²) in [6.07, 6.45) is 6.85. The van der Waals surface area contributed by atoms with Gasteiger partial charge in [0.15, 0.2) is 0 Å². The lowest BCUT2D eigenvalue weighted by Gasteiger charge is -2.48. The van der Waals surface area contributed by atoms with Crippen LogP contribution in [0.1, 0.15) is 37.7 Å². The molecule has 0 amide bonds. The molecule has 1 aromatic rings. The lowest BCUT2D eigenvalue weighted by atomic mass is 9.94. The highest BCUT2D eigenvalue weighted by atomic mass is 16.5. The van der Waals surface area contributed by atoms with E-state index in [0.717, 1.165) is 38.9 Å². The van der Waals surface area contributed by atoms with E-state index in [-0.39, 0.29) is 0 Å². The Bertz CT molecular complexity index is 527. The largest absolute Gasteiger partial charge is 0.379 e. The van der Waals surface area contributed by atoms with Gasteiger partial charge in [0.05, 0.1) is 32.3 Å². The van der Waals surface area contributed by atoms with Gasteiger partial charge in [-0.2, -0.15) is 0 Å². The number of rotatable bonds is 4. The Morgan fingerprint density at radius 1 is 0.960 bits per heavy atom. The Labute approximate surface area is 152 Å². The average Bonchev–Trinajstić information content (AvgIpc) is 2.70. The first-order valence-corrected chi connectivity index (χ1v) is 10.3. The maximum Gasteiger partial charge on any atom is 0.133 e. The van der Waals surface area contributed by atoms with Gasteiger partial charge in [-0.05, 0) is 37.0 Å². The van der Waals surface area contributed by atoms with Crippen LogP contribution in [0.2, 0.25) is 0 Å². The van der Waals surface area contributed by atoms with Gasteiger partial charge in [0.2, 0.25) is 0 Å². The van der Waals surface area contributed by atoms with E-state index in [0.29, 0.717) is 0 Å². The number of hydrogen-bond acceptors (Lipinski definition) is 3. The van der Waals surface area contributed by atoms with E-state index in [1.807, 2.05) is 0 Å². The van der Waals surface area contributed by atoms with Gasteiger partial charge in [-0.25, -0.2) is 0 Å². The zero-order valence-corrected chi connectivity index (χ0v) is 15.6. The van der Waals surface area contributed by atoms with E-state index in [4.69, 9.17) is 4.74 Å². The summed E-state index contributed by atoms with van der Waals surface area (Å²) >= 11 is 0. The highest BCUT2D eigenvalue weighted by Crippen LogP contribution is 2.35. The van der Waals surface area contributed by atoms with Crippen LogP contribution in [0, 0.1) is 0 Å². The first-order chi connectivity index (χ1) is 12.4. The third kappa shape index (κ3) is 3.92. The summed E-state index contributed by atoms with van der Waals surface area (Å²) < 4.78 is 6.72. The fourth-order valence-corrected chi connectivity index (χ4v) is 5.13. The van der Waals surface area contributed by atoms with Crippen LogP contribution in [0.4, 0.5) is 5.69 Å². The normalized spacial score (nSPS) is 25.8. The second-order valence-corrected chi connectivity index (χ2v) is 8.08. The summed E-state index contributed by atoms with van der Waals surface area (Å²) in [7, 11) is 0. The molecule has 3 saturated heterocycles. The predicted molar refractivity (Wildman–Crippen MR) is 104 cm³/mol. The number of likely N-dealkylation sites (tertiary alicyclic amines) is 1. The molecule has 4 rings (SSSR count). The van der Waals surface area contributed by atoms with Crippen molar-refractivity contribution in [1.82, 2.24) is 14.7 Å². The van der Waals surface area contributed by atoms with E-state index in [1.54, 1.807) is 5.69 Å². The second kappa shape index (κ2) is 8.17. The molecule has 0 radical (unpaired) electrons. The van der Waals surface area contributed by atoms with E-state index >= 15 is 0 Å². The molecule has 3 heterocycles. The number of ether oxygens (including phenoxy) is 1. The molecule has 0 unspecified atom stereocenters.